The van der Waals surface area contributed by atoms with Gasteiger partial charge in [-0.15, -0.1) is 11.3 Å². The van der Waals surface area contributed by atoms with Gasteiger partial charge in [0.25, 0.3) is 0 Å². The average Bonchev–Trinajstić information content (AvgIpc) is 3.06. The van der Waals surface area contributed by atoms with E-state index in [0.717, 1.165) is 16.3 Å². The molecular weight excluding hydrogens is 283 g/mol. The number of nitrogens with zero attached hydrogens (tertiary/aromatic N) is 1. The van der Waals surface area contributed by atoms with Crippen LogP contribution in [0, 0.1) is 12.7 Å². The first-order chi connectivity index (χ1) is 9.11. The van der Waals surface area contributed by atoms with Crippen molar-refractivity contribution in [1.29, 1.82) is 0 Å². The molecule has 100 valence electrons. The summed E-state index contributed by atoms with van der Waals surface area (Å²) < 4.78 is 13.5. The molecule has 1 aromatic carbocycles. The smallest absolute Gasteiger partial charge is 0.125 e. The molecule has 0 radical (unpaired) electrons. The van der Waals surface area contributed by atoms with Crippen molar-refractivity contribution in [3.8, 4) is 0 Å². The fourth-order valence-corrected chi connectivity index (χ4v) is 3.15. The summed E-state index contributed by atoms with van der Waals surface area (Å²) in [5.41, 5.74) is 1.83. The van der Waals surface area contributed by atoms with E-state index in [0.29, 0.717) is 11.1 Å². The quantitative estimate of drug-likeness (QED) is 0.919. The number of rotatable bonds is 4. The minimum atomic E-state index is -0.307. The molecule has 0 bridgehead atoms. The second kappa shape index (κ2) is 5.19. The summed E-state index contributed by atoms with van der Waals surface area (Å²) in [7, 11) is 0. The lowest BCUT2D eigenvalue weighted by Crippen LogP contribution is -2.24. The van der Waals surface area contributed by atoms with Crippen LogP contribution in [0.4, 0.5) is 4.39 Å². The van der Waals surface area contributed by atoms with Gasteiger partial charge in [-0.1, -0.05) is 11.6 Å². The van der Waals surface area contributed by atoms with Crippen LogP contribution in [0.2, 0.25) is 5.02 Å². The predicted molar refractivity (Wildman–Crippen MR) is 76.3 cm³/mol. The zero-order valence-electron chi connectivity index (χ0n) is 10.5. The Balaban J connectivity index is 1.97. The van der Waals surface area contributed by atoms with Crippen molar-refractivity contribution in [2.45, 2.75) is 31.8 Å². The number of hydrogen-bond acceptors (Lipinski definition) is 3. The van der Waals surface area contributed by atoms with Crippen molar-refractivity contribution < 1.29 is 4.39 Å². The lowest BCUT2D eigenvalue weighted by atomic mass is 10.1. The van der Waals surface area contributed by atoms with Crippen molar-refractivity contribution in [3.05, 3.63) is 50.7 Å². The molecule has 1 N–H and O–H groups in total. The van der Waals surface area contributed by atoms with Gasteiger partial charge in [0.2, 0.25) is 0 Å². The Bertz CT molecular complexity index is 575. The van der Waals surface area contributed by atoms with Crippen LogP contribution in [-0.4, -0.2) is 11.0 Å². The summed E-state index contributed by atoms with van der Waals surface area (Å²) in [5, 5.41) is 6.91. The molecule has 2 aromatic rings. The van der Waals surface area contributed by atoms with Crippen LogP contribution < -0.4 is 5.32 Å². The maximum Gasteiger partial charge on any atom is 0.125 e. The van der Waals surface area contributed by atoms with E-state index in [4.69, 9.17) is 11.6 Å². The van der Waals surface area contributed by atoms with Gasteiger partial charge in [0.1, 0.15) is 10.8 Å². The van der Waals surface area contributed by atoms with Gasteiger partial charge in [-0.2, -0.15) is 0 Å². The number of halogens is 2. The highest BCUT2D eigenvalue weighted by atomic mass is 35.5. The van der Waals surface area contributed by atoms with Crippen LogP contribution in [-0.2, 0) is 0 Å². The zero-order valence-corrected chi connectivity index (χ0v) is 12.1. The van der Waals surface area contributed by atoms with Gasteiger partial charge < -0.3 is 5.32 Å². The Kier molecular flexibility index (Phi) is 3.56. The maximum absolute atomic E-state index is 13.5. The molecule has 0 amide bonds. The van der Waals surface area contributed by atoms with Crippen LogP contribution in [0.15, 0.2) is 23.6 Å². The van der Waals surface area contributed by atoms with Crippen LogP contribution in [0.1, 0.15) is 35.1 Å². The highest BCUT2D eigenvalue weighted by Gasteiger charge is 2.28. The number of hydrogen-bond donors (Lipinski definition) is 1. The van der Waals surface area contributed by atoms with E-state index in [-0.39, 0.29) is 11.9 Å². The van der Waals surface area contributed by atoms with Gasteiger partial charge >= 0.3 is 0 Å². The fraction of sp³-hybridized carbons (Fsp3) is 0.357. The van der Waals surface area contributed by atoms with Crippen LogP contribution in [0.3, 0.4) is 0 Å². The Morgan fingerprint density at radius 3 is 2.79 bits per heavy atom. The number of nitrogens with one attached hydrogen (secondary N) is 1. The van der Waals surface area contributed by atoms with E-state index in [9.17, 15) is 4.39 Å². The Morgan fingerprint density at radius 2 is 2.21 bits per heavy atom. The third-order valence-corrected chi connectivity index (χ3v) is 4.33. The third kappa shape index (κ3) is 3.14. The second-order valence-electron chi connectivity index (χ2n) is 4.90. The molecule has 1 unspecified atom stereocenters. The summed E-state index contributed by atoms with van der Waals surface area (Å²) >= 11 is 7.55. The molecule has 19 heavy (non-hydrogen) atoms. The Morgan fingerprint density at radius 1 is 1.42 bits per heavy atom. The third-order valence-electron chi connectivity index (χ3n) is 3.08. The van der Waals surface area contributed by atoms with E-state index in [2.05, 4.69) is 10.3 Å². The topological polar surface area (TPSA) is 24.9 Å². The van der Waals surface area contributed by atoms with Crippen molar-refractivity contribution >= 4 is 22.9 Å². The van der Waals surface area contributed by atoms with E-state index in [1.807, 2.05) is 12.3 Å². The molecule has 0 aliphatic heterocycles. The van der Waals surface area contributed by atoms with Gasteiger partial charge in [-0.25, -0.2) is 9.37 Å². The Hall–Kier alpha value is -0.970. The van der Waals surface area contributed by atoms with Gasteiger partial charge in [-0.05, 0) is 43.5 Å². The summed E-state index contributed by atoms with van der Waals surface area (Å²) in [6.45, 7) is 1.97. The molecule has 1 heterocycles. The molecule has 3 rings (SSSR count). The lowest BCUT2D eigenvalue weighted by molar-refractivity contribution is 0.584. The van der Waals surface area contributed by atoms with Crippen LogP contribution >= 0.6 is 22.9 Å². The van der Waals surface area contributed by atoms with Gasteiger partial charge in [0, 0.05) is 22.1 Å². The molecule has 1 saturated carbocycles. The molecular formula is C14H14ClFN2S. The maximum atomic E-state index is 13.5. The summed E-state index contributed by atoms with van der Waals surface area (Å²) in [5.74, 6) is -0.307. The van der Waals surface area contributed by atoms with E-state index in [1.54, 1.807) is 17.4 Å². The zero-order chi connectivity index (χ0) is 13.4. The van der Waals surface area contributed by atoms with Crippen LogP contribution in [0.5, 0.6) is 0 Å². The summed E-state index contributed by atoms with van der Waals surface area (Å²) in [4.78, 5) is 4.52. The van der Waals surface area contributed by atoms with Crippen molar-refractivity contribution in [1.82, 2.24) is 10.3 Å². The molecule has 5 heteroatoms. The first kappa shape index (κ1) is 13.0. The number of aromatic nitrogens is 1. The number of benzene rings is 1. The largest absolute Gasteiger partial charge is 0.301 e. The van der Waals surface area contributed by atoms with E-state index in [1.165, 1.54) is 25.0 Å². The van der Waals surface area contributed by atoms with Gasteiger partial charge in [-0.3, -0.25) is 0 Å². The fourth-order valence-electron chi connectivity index (χ4n) is 2.04. The van der Waals surface area contributed by atoms with E-state index >= 15 is 0 Å². The normalized spacial score (nSPS) is 16.6. The minimum absolute atomic E-state index is 0.0700. The lowest BCUT2D eigenvalue weighted by Gasteiger charge is -2.17. The molecule has 2 nitrogen and oxygen atoms in total. The van der Waals surface area contributed by atoms with Gasteiger partial charge in [0.05, 0.1) is 6.04 Å². The number of aryl methyl sites for hydroxylation is 1. The van der Waals surface area contributed by atoms with Crippen molar-refractivity contribution in [2.24, 2.45) is 0 Å². The summed E-state index contributed by atoms with van der Waals surface area (Å²) in [6.07, 6.45) is 2.34. The summed E-state index contributed by atoms with van der Waals surface area (Å²) in [6, 6.07) is 5.10. The highest BCUT2D eigenvalue weighted by Crippen LogP contribution is 2.31. The monoisotopic (exact) mass is 296 g/mol. The molecule has 1 aliphatic rings. The average molecular weight is 297 g/mol. The molecule has 0 spiro atoms. The van der Waals surface area contributed by atoms with E-state index < -0.39 is 0 Å². The molecule has 1 fully saturated rings. The first-order valence-corrected chi connectivity index (χ1v) is 7.51. The standard InChI is InChI=1S/C14H14ClFN2S/c1-8-7-19-14(17-8)13(18-12-2-3-12)9-4-10(15)6-11(16)5-9/h4-7,12-13,18H,2-3H2,1H3. The Labute approximate surface area is 120 Å². The molecule has 1 atom stereocenters. The molecule has 1 aromatic heterocycles. The van der Waals surface area contributed by atoms with Crippen molar-refractivity contribution in [2.75, 3.05) is 0 Å². The SMILES string of the molecule is Cc1csc(C(NC2CC2)c2cc(F)cc(Cl)c2)n1. The molecule has 1 aliphatic carbocycles. The number of thiazole rings is 1. The van der Waals surface area contributed by atoms with Gasteiger partial charge in [0.15, 0.2) is 0 Å². The van der Waals surface area contributed by atoms with Crippen LogP contribution in [0.25, 0.3) is 0 Å². The van der Waals surface area contributed by atoms with Crippen molar-refractivity contribution in [3.63, 3.8) is 0 Å². The second-order valence-corrected chi connectivity index (χ2v) is 6.23. The first-order valence-electron chi connectivity index (χ1n) is 6.26. The highest BCUT2D eigenvalue weighted by molar-refractivity contribution is 7.09. The minimum Gasteiger partial charge on any atom is -0.301 e. The predicted octanol–water partition coefficient (Wildman–Crippen LogP) is 4.09. The molecule has 0 saturated heterocycles.